The predicted octanol–water partition coefficient (Wildman–Crippen LogP) is 4.66. The lowest BCUT2D eigenvalue weighted by atomic mass is 9.75. The van der Waals surface area contributed by atoms with Crippen molar-refractivity contribution in [2.24, 2.45) is 11.8 Å². The van der Waals surface area contributed by atoms with Gasteiger partial charge in [0.1, 0.15) is 10.7 Å². The predicted molar refractivity (Wildman–Crippen MR) is 111 cm³/mol. The van der Waals surface area contributed by atoms with E-state index in [2.05, 4.69) is 22.0 Å². The minimum Gasteiger partial charge on any atom is -0.309 e. The SMILES string of the molecule is O=c1[nH]c(CN2CC[C@H]3CCCC[C@@H]3C2)nc2sc(-c3ccccc3)cc12. The molecule has 0 bridgehead atoms. The van der Waals surface area contributed by atoms with Gasteiger partial charge in [-0.2, -0.15) is 0 Å². The lowest BCUT2D eigenvalue weighted by Crippen LogP contribution is -2.41. The molecule has 0 unspecified atom stereocenters. The van der Waals surface area contributed by atoms with Crippen LogP contribution >= 0.6 is 11.3 Å². The lowest BCUT2D eigenvalue weighted by Gasteiger charge is -2.41. The summed E-state index contributed by atoms with van der Waals surface area (Å²) in [7, 11) is 0. The summed E-state index contributed by atoms with van der Waals surface area (Å²) in [6, 6.07) is 12.2. The van der Waals surface area contributed by atoms with Gasteiger partial charge in [0.25, 0.3) is 5.56 Å². The van der Waals surface area contributed by atoms with Crippen LogP contribution in [0.3, 0.4) is 0 Å². The number of thiophene rings is 1. The van der Waals surface area contributed by atoms with Crippen molar-refractivity contribution >= 4 is 21.6 Å². The van der Waals surface area contributed by atoms with E-state index in [4.69, 9.17) is 4.98 Å². The standard InChI is InChI=1S/C22H25N3OS/c26-21-18-12-19(16-7-2-1-3-8-16)27-22(18)24-20(23-21)14-25-11-10-15-6-4-5-9-17(15)13-25/h1-3,7-8,12,15,17H,4-6,9-11,13-14H2,(H,23,24,26)/t15-,17-/m1/s1. The Balaban J connectivity index is 1.39. The van der Waals surface area contributed by atoms with Gasteiger partial charge in [-0.3, -0.25) is 9.69 Å². The molecule has 5 heteroatoms. The topological polar surface area (TPSA) is 49.0 Å². The van der Waals surface area contributed by atoms with Gasteiger partial charge >= 0.3 is 0 Å². The van der Waals surface area contributed by atoms with E-state index in [1.54, 1.807) is 11.3 Å². The van der Waals surface area contributed by atoms with Crippen LogP contribution in [0, 0.1) is 11.8 Å². The van der Waals surface area contributed by atoms with Crippen molar-refractivity contribution in [3.8, 4) is 10.4 Å². The molecule has 3 heterocycles. The molecule has 3 aromatic rings. The van der Waals surface area contributed by atoms with Gasteiger partial charge in [-0.25, -0.2) is 4.98 Å². The van der Waals surface area contributed by atoms with Crippen LogP contribution in [0.5, 0.6) is 0 Å². The zero-order chi connectivity index (χ0) is 18.2. The molecule has 1 aliphatic heterocycles. The fraction of sp³-hybridized carbons (Fsp3) is 0.455. The van der Waals surface area contributed by atoms with E-state index in [9.17, 15) is 4.79 Å². The highest BCUT2D eigenvalue weighted by Gasteiger charge is 2.31. The average Bonchev–Trinajstić information content (AvgIpc) is 3.13. The van der Waals surface area contributed by atoms with Crippen LogP contribution in [0.4, 0.5) is 0 Å². The molecule has 140 valence electrons. The van der Waals surface area contributed by atoms with Gasteiger partial charge in [0.2, 0.25) is 0 Å². The molecule has 2 aromatic heterocycles. The van der Waals surface area contributed by atoms with Crippen molar-refractivity contribution < 1.29 is 0 Å². The van der Waals surface area contributed by atoms with E-state index in [0.29, 0.717) is 5.39 Å². The largest absolute Gasteiger partial charge is 0.309 e. The molecule has 1 saturated heterocycles. The zero-order valence-corrected chi connectivity index (χ0v) is 16.3. The molecule has 4 nitrogen and oxygen atoms in total. The molecule has 2 aliphatic rings. The summed E-state index contributed by atoms with van der Waals surface area (Å²) in [6.45, 7) is 3.04. The number of aromatic amines is 1. The Labute approximate surface area is 163 Å². The summed E-state index contributed by atoms with van der Waals surface area (Å²) in [5.41, 5.74) is 1.13. The molecule has 0 spiro atoms. The summed E-state index contributed by atoms with van der Waals surface area (Å²) in [5.74, 6) is 2.58. The third-order valence-electron chi connectivity index (χ3n) is 6.26. The van der Waals surface area contributed by atoms with Crippen molar-refractivity contribution in [3.05, 3.63) is 52.6 Å². The quantitative estimate of drug-likeness (QED) is 0.720. The first-order valence-corrected chi connectivity index (χ1v) is 10.9. The Kier molecular flexibility index (Phi) is 4.58. The van der Waals surface area contributed by atoms with Crippen LogP contribution in [0.1, 0.15) is 37.9 Å². The summed E-state index contributed by atoms with van der Waals surface area (Å²) < 4.78 is 0. The molecule has 27 heavy (non-hydrogen) atoms. The monoisotopic (exact) mass is 379 g/mol. The van der Waals surface area contributed by atoms with Crippen molar-refractivity contribution in [1.29, 1.82) is 0 Å². The molecule has 0 amide bonds. The van der Waals surface area contributed by atoms with Crippen LogP contribution in [-0.4, -0.2) is 28.0 Å². The number of piperidine rings is 1. The fourth-order valence-corrected chi connectivity index (χ4v) is 5.88. The van der Waals surface area contributed by atoms with Gasteiger partial charge in [-0.15, -0.1) is 11.3 Å². The second kappa shape index (κ2) is 7.21. The van der Waals surface area contributed by atoms with E-state index in [1.165, 1.54) is 32.1 Å². The maximum absolute atomic E-state index is 12.6. The third-order valence-corrected chi connectivity index (χ3v) is 7.34. The maximum atomic E-state index is 12.6. The van der Waals surface area contributed by atoms with Crippen molar-refractivity contribution in [2.45, 2.75) is 38.6 Å². The number of fused-ring (bicyclic) bond motifs is 2. The Hall–Kier alpha value is -1.98. The minimum absolute atomic E-state index is 0.0130. The van der Waals surface area contributed by atoms with Crippen LogP contribution in [0.15, 0.2) is 41.2 Å². The maximum Gasteiger partial charge on any atom is 0.259 e. The number of H-pyrrole nitrogens is 1. The van der Waals surface area contributed by atoms with Gasteiger partial charge < -0.3 is 4.98 Å². The Bertz CT molecular complexity index is 994. The smallest absolute Gasteiger partial charge is 0.259 e. The number of nitrogens with zero attached hydrogens (tertiary/aromatic N) is 2. The average molecular weight is 380 g/mol. The fourth-order valence-electron chi connectivity index (χ4n) is 4.83. The molecular weight excluding hydrogens is 354 g/mol. The van der Waals surface area contributed by atoms with Gasteiger partial charge in [-0.05, 0) is 42.9 Å². The number of nitrogens with one attached hydrogen (secondary N) is 1. The summed E-state index contributed by atoms with van der Waals surface area (Å²) >= 11 is 1.61. The molecule has 2 atom stereocenters. The number of aromatic nitrogens is 2. The molecular formula is C22H25N3OS. The van der Waals surface area contributed by atoms with Gasteiger partial charge in [-0.1, -0.05) is 49.6 Å². The molecule has 0 radical (unpaired) electrons. The van der Waals surface area contributed by atoms with E-state index in [-0.39, 0.29) is 5.56 Å². The first-order valence-electron chi connectivity index (χ1n) is 10.1. The van der Waals surface area contributed by atoms with Gasteiger partial charge in [0, 0.05) is 11.4 Å². The molecule has 1 saturated carbocycles. The number of hydrogen-bond donors (Lipinski definition) is 1. The Morgan fingerprint density at radius 3 is 2.78 bits per heavy atom. The van der Waals surface area contributed by atoms with Gasteiger partial charge in [0.15, 0.2) is 0 Å². The van der Waals surface area contributed by atoms with E-state index in [0.717, 1.165) is 52.6 Å². The highest BCUT2D eigenvalue weighted by molar-refractivity contribution is 7.21. The van der Waals surface area contributed by atoms with Crippen molar-refractivity contribution in [3.63, 3.8) is 0 Å². The normalized spacial score (nSPS) is 23.4. The van der Waals surface area contributed by atoms with Crippen LogP contribution in [0.2, 0.25) is 0 Å². The zero-order valence-electron chi connectivity index (χ0n) is 15.5. The van der Waals surface area contributed by atoms with E-state index >= 15 is 0 Å². The minimum atomic E-state index is -0.0130. The highest BCUT2D eigenvalue weighted by atomic mass is 32.1. The second-order valence-corrected chi connectivity index (χ2v) is 9.07. The van der Waals surface area contributed by atoms with E-state index < -0.39 is 0 Å². The van der Waals surface area contributed by atoms with Crippen molar-refractivity contribution in [1.82, 2.24) is 14.9 Å². The second-order valence-electron chi connectivity index (χ2n) is 8.04. The Morgan fingerprint density at radius 1 is 1.11 bits per heavy atom. The first kappa shape index (κ1) is 17.1. The number of rotatable bonds is 3. The number of likely N-dealkylation sites (tertiary alicyclic amines) is 1. The molecule has 1 aromatic carbocycles. The summed E-state index contributed by atoms with van der Waals surface area (Å²) in [5, 5.41) is 0.702. The number of benzene rings is 1. The van der Waals surface area contributed by atoms with Crippen LogP contribution < -0.4 is 5.56 Å². The first-order chi connectivity index (χ1) is 13.3. The van der Waals surface area contributed by atoms with Gasteiger partial charge in [0.05, 0.1) is 11.9 Å². The molecule has 1 N–H and O–H groups in total. The highest BCUT2D eigenvalue weighted by Crippen LogP contribution is 2.36. The Morgan fingerprint density at radius 2 is 1.93 bits per heavy atom. The molecule has 1 aliphatic carbocycles. The summed E-state index contributed by atoms with van der Waals surface area (Å²) in [4.78, 5) is 24.9. The van der Waals surface area contributed by atoms with Crippen molar-refractivity contribution in [2.75, 3.05) is 13.1 Å². The van der Waals surface area contributed by atoms with Crippen LogP contribution in [-0.2, 0) is 6.54 Å². The molecule has 5 rings (SSSR count). The van der Waals surface area contributed by atoms with Crippen LogP contribution in [0.25, 0.3) is 20.7 Å². The molecule has 2 fully saturated rings. The van der Waals surface area contributed by atoms with E-state index in [1.807, 2.05) is 24.3 Å². The lowest BCUT2D eigenvalue weighted by molar-refractivity contribution is 0.0803. The summed E-state index contributed by atoms with van der Waals surface area (Å²) in [6.07, 6.45) is 6.88. The third kappa shape index (κ3) is 3.46. The number of hydrogen-bond acceptors (Lipinski definition) is 4.